The molecule has 0 radical (unpaired) electrons. The molecule has 1 aromatic heterocycles. The summed E-state index contributed by atoms with van der Waals surface area (Å²) in [4.78, 5) is 11.7. The van der Waals surface area contributed by atoms with Crippen molar-refractivity contribution >= 4 is 17.4 Å². The van der Waals surface area contributed by atoms with Crippen LogP contribution in [0.3, 0.4) is 0 Å². The molecule has 0 aliphatic rings. The number of ether oxygens (including phenoxy) is 1. The number of aryl methyl sites for hydroxylation is 1. The minimum atomic E-state index is -0.673. The Bertz CT molecular complexity index is 629. The molecule has 0 spiro atoms. The van der Waals surface area contributed by atoms with Crippen LogP contribution in [0.1, 0.15) is 22.8 Å². The number of hydrogen-bond acceptors (Lipinski definition) is 4. The second-order valence-corrected chi connectivity index (χ2v) is 6.04. The Hall–Kier alpha value is -2.05. The van der Waals surface area contributed by atoms with E-state index in [1.54, 1.807) is 7.11 Å². The van der Waals surface area contributed by atoms with E-state index in [-0.39, 0.29) is 12.6 Å². The summed E-state index contributed by atoms with van der Waals surface area (Å²) in [5, 5.41) is 19.1. The van der Waals surface area contributed by atoms with E-state index in [2.05, 4.69) is 10.6 Å². The fraction of sp³-hybridized carbons (Fsp3) is 0.353. The first-order valence-electron chi connectivity index (χ1n) is 7.45. The van der Waals surface area contributed by atoms with Crippen molar-refractivity contribution in [2.75, 3.05) is 20.2 Å². The summed E-state index contributed by atoms with van der Waals surface area (Å²) in [6, 6.07) is 7.58. The van der Waals surface area contributed by atoms with Gasteiger partial charge in [-0.15, -0.1) is 0 Å². The number of methoxy groups -OCH3 is 1. The monoisotopic (exact) mass is 334 g/mol. The molecule has 0 aliphatic carbocycles. The molecule has 2 rings (SSSR count). The Morgan fingerprint density at radius 3 is 2.87 bits per heavy atom. The summed E-state index contributed by atoms with van der Waals surface area (Å²) in [6.07, 6.45) is 0.0466. The van der Waals surface area contributed by atoms with E-state index < -0.39 is 6.10 Å². The zero-order chi connectivity index (χ0) is 16.7. The van der Waals surface area contributed by atoms with Crippen molar-refractivity contribution in [3.8, 4) is 5.75 Å². The number of benzene rings is 1. The maximum atomic E-state index is 11.7. The van der Waals surface area contributed by atoms with Crippen molar-refractivity contribution in [1.29, 1.82) is 0 Å². The Morgan fingerprint density at radius 1 is 1.35 bits per heavy atom. The third-order valence-electron chi connectivity index (χ3n) is 3.56. The highest BCUT2D eigenvalue weighted by Crippen LogP contribution is 2.19. The lowest BCUT2D eigenvalue weighted by Gasteiger charge is -2.12. The Morgan fingerprint density at radius 2 is 2.17 bits per heavy atom. The molecule has 2 aromatic rings. The quantitative estimate of drug-likeness (QED) is 0.729. The van der Waals surface area contributed by atoms with E-state index in [0.29, 0.717) is 6.54 Å². The van der Waals surface area contributed by atoms with E-state index in [0.717, 1.165) is 28.9 Å². The Labute approximate surface area is 140 Å². The number of aliphatic hydroxyl groups is 1. The van der Waals surface area contributed by atoms with Gasteiger partial charge in [0.2, 0.25) is 0 Å². The fourth-order valence-electron chi connectivity index (χ4n) is 2.17. The van der Waals surface area contributed by atoms with Crippen LogP contribution < -0.4 is 15.4 Å². The molecule has 1 atom stereocenters. The minimum Gasteiger partial charge on any atom is -0.496 e. The van der Waals surface area contributed by atoms with E-state index in [9.17, 15) is 9.90 Å². The molecule has 0 saturated heterocycles. The van der Waals surface area contributed by atoms with Crippen molar-refractivity contribution in [1.82, 2.24) is 10.6 Å². The zero-order valence-electron chi connectivity index (χ0n) is 13.3. The summed E-state index contributed by atoms with van der Waals surface area (Å²) in [5.74, 6) is 0.853. The molecule has 0 bridgehead atoms. The first kappa shape index (κ1) is 17.3. The smallest absolute Gasteiger partial charge is 0.314 e. The highest BCUT2D eigenvalue weighted by atomic mass is 32.1. The Balaban J connectivity index is 1.70. The van der Waals surface area contributed by atoms with Crippen LogP contribution in [0.4, 0.5) is 4.79 Å². The van der Waals surface area contributed by atoms with Gasteiger partial charge in [-0.05, 0) is 52.9 Å². The summed E-state index contributed by atoms with van der Waals surface area (Å²) < 4.78 is 5.29. The maximum Gasteiger partial charge on any atom is 0.314 e. The second kappa shape index (κ2) is 8.55. The summed E-state index contributed by atoms with van der Waals surface area (Å²) in [5.41, 5.74) is 3.01. The highest BCUT2D eigenvalue weighted by molar-refractivity contribution is 7.07. The number of thiophene rings is 1. The largest absolute Gasteiger partial charge is 0.496 e. The van der Waals surface area contributed by atoms with Gasteiger partial charge < -0.3 is 20.5 Å². The van der Waals surface area contributed by atoms with Crippen LogP contribution in [-0.4, -0.2) is 31.3 Å². The Kier molecular flexibility index (Phi) is 6.43. The minimum absolute atomic E-state index is 0.195. The summed E-state index contributed by atoms with van der Waals surface area (Å²) in [7, 11) is 1.65. The van der Waals surface area contributed by atoms with Crippen molar-refractivity contribution in [2.45, 2.75) is 19.4 Å². The van der Waals surface area contributed by atoms with Crippen molar-refractivity contribution in [3.05, 3.63) is 51.7 Å². The standard InChI is InChI=1S/C17H22N2O3S/c1-12-3-4-13(9-16(12)22-2)5-7-18-17(21)19-10-15(20)14-6-8-23-11-14/h3-4,6,8-9,11,15,20H,5,7,10H2,1-2H3,(H2,18,19,21). The lowest BCUT2D eigenvalue weighted by atomic mass is 10.1. The predicted molar refractivity (Wildman–Crippen MR) is 92.1 cm³/mol. The van der Waals surface area contributed by atoms with Crippen LogP contribution in [0.25, 0.3) is 0 Å². The van der Waals surface area contributed by atoms with Gasteiger partial charge in [0.15, 0.2) is 0 Å². The molecule has 1 unspecified atom stereocenters. The van der Waals surface area contributed by atoms with Gasteiger partial charge in [-0.1, -0.05) is 12.1 Å². The number of carbonyl (C=O) groups is 1. The van der Waals surface area contributed by atoms with E-state index >= 15 is 0 Å². The second-order valence-electron chi connectivity index (χ2n) is 5.26. The SMILES string of the molecule is COc1cc(CCNC(=O)NCC(O)c2ccsc2)ccc1C. The van der Waals surface area contributed by atoms with E-state index in [4.69, 9.17) is 4.74 Å². The van der Waals surface area contributed by atoms with Gasteiger partial charge in [-0.25, -0.2) is 4.79 Å². The van der Waals surface area contributed by atoms with E-state index in [1.165, 1.54) is 11.3 Å². The van der Waals surface area contributed by atoms with Gasteiger partial charge in [0, 0.05) is 13.1 Å². The number of carbonyl (C=O) groups excluding carboxylic acids is 1. The average Bonchev–Trinajstić information content (AvgIpc) is 3.08. The number of rotatable bonds is 7. The average molecular weight is 334 g/mol. The fourth-order valence-corrected chi connectivity index (χ4v) is 2.88. The highest BCUT2D eigenvalue weighted by Gasteiger charge is 2.09. The summed E-state index contributed by atoms with van der Waals surface area (Å²) >= 11 is 1.52. The van der Waals surface area contributed by atoms with Gasteiger partial charge in [0.05, 0.1) is 13.2 Å². The van der Waals surface area contributed by atoms with Crippen molar-refractivity contribution in [3.63, 3.8) is 0 Å². The van der Waals surface area contributed by atoms with Crippen molar-refractivity contribution in [2.24, 2.45) is 0 Å². The number of nitrogens with one attached hydrogen (secondary N) is 2. The van der Waals surface area contributed by atoms with Crippen LogP contribution in [0.15, 0.2) is 35.0 Å². The van der Waals surface area contributed by atoms with Gasteiger partial charge in [0.1, 0.15) is 5.75 Å². The third-order valence-corrected chi connectivity index (χ3v) is 4.26. The van der Waals surface area contributed by atoms with E-state index in [1.807, 2.05) is 41.9 Å². The molecule has 23 heavy (non-hydrogen) atoms. The van der Waals surface area contributed by atoms with Gasteiger partial charge >= 0.3 is 6.03 Å². The first-order valence-corrected chi connectivity index (χ1v) is 8.40. The normalized spacial score (nSPS) is 11.8. The summed E-state index contributed by atoms with van der Waals surface area (Å²) in [6.45, 7) is 2.71. The van der Waals surface area contributed by atoms with Crippen molar-refractivity contribution < 1.29 is 14.6 Å². The van der Waals surface area contributed by atoms with Gasteiger partial charge in [-0.2, -0.15) is 11.3 Å². The predicted octanol–water partition coefficient (Wildman–Crippen LogP) is 2.64. The van der Waals surface area contributed by atoms with Gasteiger partial charge in [0.25, 0.3) is 0 Å². The zero-order valence-corrected chi connectivity index (χ0v) is 14.2. The van der Waals surface area contributed by atoms with Crippen LogP contribution in [-0.2, 0) is 6.42 Å². The van der Waals surface area contributed by atoms with Crippen LogP contribution in [0.5, 0.6) is 5.75 Å². The molecular formula is C17H22N2O3S. The molecule has 1 aromatic carbocycles. The van der Waals surface area contributed by atoms with Crippen LogP contribution in [0.2, 0.25) is 0 Å². The van der Waals surface area contributed by atoms with Gasteiger partial charge in [-0.3, -0.25) is 0 Å². The number of amides is 2. The topological polar surface area (TPSA) is 70.6 Å². The first-order chi connectivity index (χ1) is 11.1. The molecule has 124 valence electrons. The number of urea groups is 1. The molecule has 0 saturated carbocycles. The third kappa shape index (κ3) is 5.26. The molecule has 3 N–H and O–H groups in total. The number of hydrogen-bond donors (Lipinski definition) is 3. The molecule has 2 amide bonds. The number of aliphatic hydroxyl groups excluding tert-OH is 1. The molecule has 5 nitrogen and oxygen atoms in total. The lowest BCUT2D eigenvalue weighted by Crippen LogP contribution is -2.38. The molecular weight excluding hydrogens is 312 g/mol. The lowest BCUT2D eigenvalue weighted by molar-refractivity contribution is 0.173. The maximum absolute atomic E-state index is 11.7. The molecule has 0 fully saturated rings. The molecule has 1 heterocycles. The van der Waals surface area contributed by atoms with Crippen LogP contribution in [0, 0.1) is 6.92 Å². The molecule has 0 aliphatic heterocycles. The molecule has 6 heteroatoms. The van der Waals surface area contributed by atoms with Crippen LogP contribution >= 0.6 is 11.3 Å².